The Balaban J connectivity index is 1.81. The van der Waals surface area contributed by atoms with E-state index in [0.717, 1.165) is 17.0 Å². The largest absolute Gasteiger partial charge is 0.497 e. The van der Waals surface area contributed by atoms with E-state index in [4.69, 9.17) is 15.9 Å². The zero-order valence-electron chi connectivity index (χ0n) is 15.7. The summed E-state index contributed by atoms with van der Waals surface area (Å²) in [7, 11) is 1.62. The zero-order chi connectivity index (χ0) is 19.9. The molecule has 142 valence electrons. The highest BCUT2D eigenvalue weighted by molar-refractivity contribution is 8.18. The molecule has 1 fully saturated rings. The van der Waals surface area contributed by atoms with Crippen molar-refractivity contribution < 1.29 is 14.3 Å². The van der Waals surface area contributed by atoms with Crippen LogP contribution in [0.3, 0.4) is 0 Å². The molecule has 0 bridgehead atoms. The summed E-state index contributed by atoms with van der Waals surface area (Å²) in [5, 5.41) is 0.665. The molecule has 1 aliphatic heterocycles. The molecule has 3 rings (SSSR count). The maximum atomic E-state index is 12.7. The molecule has 0 unspecified atom stereocenters. The highest BCUT2D eigenvalue weighted by Gasteiger charge is 2.32. The molecule has 6 heteroatoms. The SMILES string of the molecule is C#CCOc1ccc(/C=C2/SC(=Nc3ccc(OC)cc3)N(CC)C2=O)cc1. The molecule has 1 amide bonds. The number of benzene rings is 2. The summed E-state index contributed by atoms with van der Waals surface area (Å²) in [6.07, 6.45) is 7.05. The molecule has 1 saturated heterocycles. The summed E-state index contributed by atoms with van der Waals surface area (Å²) in [4.78, 5) is 19.7. The van der Waals surface area contributed by atoms with Crippen molar-refractivity contribution in [1.82, 2.24) is 4.90 Å². The monoisotopic (exact) mass is 392 g/mol. The molecular weight excluding hydrogens is 372 g/mol. The van der Waals surface area contributed by atoms with Gasteiger partial charge in [-0.05, 0) is 66.7 Å². The van der Waals surface area contributed by atoms with Crippen molar-refractivity contribution >= 4 is 34.6 Å². The van der Waals surface area contributed by atoms with Crippen LogP contribution in [0.5, 0.6) is 11.5 Å². The lowest BCUT2D eigenvalue weighted by Gasteiger charge is -2.12. The number of terminal acetylenes is 1. The highest BCUT2D eigenvalue weighted by Crippen LogP contribution is 2.34. The van der Waals surface area contributed by atoms with Crippen molar-refractivity contribution in [3.8, 4) is 23.8 Å². The molecule has 5 nitrogen and oxygen atoms in total. The van der Waals surface area contributed by atoms with Crippen LogP contribution in [0.1, 0.15) is 12.5 Å². The smallest absolute Gasteiger partial charge is 0.266 e. The number of hydrogen-bond acceptors (Lipinski definition) is 5. The molecule has 1 aliphatic rings. The highest BCUT2D eigenvalue weighted by atomic mass is 32.2. The van der Waals surface area contributed by atoms with Crippen molar-refractivity contribution in [3.05, 3.63) is 59.0 Å². The second-order valence-corrected chi connectivity index (χ2v) is 6.82. The van der Waals surface area contributed by atoms with Crippen LogP contribution in [-0.2, 0) is 4.79 Å². The first kappa shape index (κ1) is 19.6. The van der Waals surface area contributed by atoms with Crippen molar-refractivity contribution in [2.75, 3.05) is 20.3 Å². The van der Waals surface area contributed by atoms with Gasteiger partial charge in [-0.1, -0.05) is 18.1 Å². The van der Waals surface area contributed by atoms with Gasteiger partial charge in [-0.3, -0.25) is 9.69 Å². The number of carbonyl (C=O) groups is 1. The van der Waals surface area contributed by atoms with Gasteiger partial charge in [-0.2, -0.15) is 0 Å². The first-order valence-electron chi connectivity index (χ1n) is 8.75. The van der Waals surface area contributed by atoms with E-state index in [9.17, 15) is 4.79 Å². The number of nitrogens with zero attached hydrogens (tertiary/aromatic N) is 2. The Hall–Kier alpha value is -3.17. The van der Waals surface area contributed by atoms with Crippen molar-refractivity contribution in [2.45, 2.75) is 6.92 Å². The van der Waals surface area contributed by atoms with Crippen molar-refractivity contribution in [3.63, 3.8) is 0 Å². The number of thioether (sulfide) groups is 1. The lowest BCUT2D eigenvalue weighted by Crippen LogP contribution is -2.28. The van der Waals surface area contributed by atoms with E-state index in [-0.39, 0.29) is 12.5 Å². The first-order valence-corrected chi connectivity index (χ1v) is 9.56. The molecule has 0 aromatic heterocycles. The van der Waals surface area contributed by atoms with Gasteiger partial charge in [0.05, 0.1) is 17.7 Å². The third-order valence-corrected chi connectivity index (χ3v) is 5.01. The molecule has 28 heavy (non-hydrogen) atoms. The lowest BCUT2D eigenvalue weighted by molar-refractivity contribution is -0.122. The molecule has 0 saturated carbocycles. The summed E-state index contributed by atoms with van der Waals surface area (Å²) in [5.41, 5.74) is 1.68. The number of likely N-dealkylation sites (N-methyl/N-ethyl adjacent to an activating group) is 1. The number of amides is 1. The standard InChI is InChI=1S/C22H20N2O3S/c1-4-14-27-19-10-6-16(7-11-19)15-20-21(25)24(5-2)22(28-20)23-17-8-12-18(26-3)13-9-17/h1,6-13,15H,5,14H2,2-3H3/b20-15+,23-22?. The minimum Gasteiger partial charge on any atom is -0.497 e. The molecule has 1 heterocycles. The van der Waals surface area contributed by atoms with E-state index in [1.54, 1.807) is 12.0 Å². The molecule has 0 spiro atoms. The predicted molar refractivity (Wildman–Crippen MR) is 114 cm³/mol. The summed E-state index contributed by atoms with van der Waals surface area (Å²) in [6.45, 7) is 2.71. The van der Waals surface area contributed by atoms with Gasteiger partial charge in [0.25, 0.3) is 5.91 Å². The van der Waals surface area contributed by atoms with Crippen LogP contribution >= 0.6 is 11.8 Å². The number of carbonyl (C=O) groups excluding carboxylic acids is 1. The molecule has 2 aromatic rings. The maximum absolute atomic E-state index is 12.7. The van der Waals surface area contributed by atoms with E-state index in [0.29, 0.717) is 22.4 Å². The summed E-state index contributed by atoms with van der Waals surface area (Å²) < 4.78 is 10.5. The van der Waals surface area contributed by atoms with E-state index in [1.807, 2.05) is 61.5 Å². The Morgan fingerprint density at radius 3 is 2.43 bits per heavy atom. The second-order valence-electron chi connectivity index (χ2n) is 5.81. The quantitative estimate of drug-likeness (QED) is 0.542. The number of ether oxygens (including phenoxy) is 2. The predicted octanol–water partition coefficient (Wildman–Crippen LogP) is 4.33. The molecular formula is C22H20N2O3S. The fraction of sp³-hybridized carbons (Fsp3) is 0.182. The number of hydrogen-bond donors (Lipinski definition) is 0. The average Bonchev–Trinajstić information content (AvgIpc) is 3.02. The van der Waals surface area contributed by atoms with Crippen molar-refractivity contribution in [2.24, 2.45) is 4.99 Å². The lowest BCUT2D eigenvalue weighted by atomic mass is 10.2. The Labute approximate surface area is 169 Å². The van der Waals surface area contributed by atoms with Gasteiger partial charge in [0.2, 0.25) is 0 Å². The summed E-state index contributed by atoms with van der Waals surface area (Å²) in [6, 6.07) is 14.9. The van der Waals surface area contributed by atoms with E-state index in [2.05, 4.69) is 10.9 Å². The molecule has 0 aliphatic carbocycles. The Kier molecular flexibility index (Phi) is 6.41. The number of methoxy groups -OCH3 is 1. The van der Waals surface area contributed by atoms with Crippen molar-refractivity contribution in [1.29, 1.82) is 0 Å². The third kappa shape index (κ3) is 4.56. The summed E-state index contributed by atoms with van der Waals surface area (Å²) >= 11 is 1.37. The van der Waals surface area contributed by atoms with Gasteiger partial charge in [0.1, 0.15) is 18.1 Å². The van der Waals surface area contributed by atoms with Gasteiger partial charge in [-0.25, -0.2) is 4.99 Å². The van der Waals surface area contributed by atoms with Crippen LogP contribution in [0, 0.1) is 12.3 Å². The van der Waals surface area contributed by atoms with Crippen LogP contribution in [0.4, 0.5) is 5.69 Å². The normalized spacial score (nSPS) is 16.5. The van der Waals surface area contributed by atoms with Crippen LogP contribution in [0.25, 0.3) is 6.08 Å². The zero-order valence-corrected chi connectivity index (χ0v) is 16.5. The molecule has 0 atom stereocenters. The van der Waals surface area contributed by atoms with Crippen LogP contribution in [0.15, 0.2) is 58.4 Å². The van der Waals surface area contributed by atoms with Crippen LogP contribution in [-0.4, -0.2) is 36.2 Å². The van der Waals surface area contributed by atoms with E-state index in [1.165, 1.54) is 11.8 Å². The Morgan fingerprint density at radius 1 is 1.14 bits per heavy atom. The molecule has 0 radical (unpaired) electrons. The second kappa shape index (κ2) is 9.16. The van der Waals surface area contributed by atoms with Gasteiger partial charge in [-0.15, -0.1) is 6.42 Å². The van der Waals surface area contributed by atoms with E-state index >= 15 is 0 Å². The summed E-state index contributed by atoms with van der Waals surface area (Å²) in [5.74, 6) is 3.84. The Bertz CT molecular complexity index is 941. The van der Waals surface area contributed by atoms with Crippen LogP contribution in [0.2, 0.25) is 0 Å². The third-order valence-electron chi connectivity index (χ3n) is 4.00. The Morgan fingerprint density at radius 2 is 1.82 bits per heavy atom. The molecule has 0 N–H and O–H groups in total. The minimum absolute atomic E-state index is 0.0487. The fourth-order valence-corrected chi connectivity index (χ4v) is 3.64. The van der Waals surface area contributed by atoms with E-state index < -0.39 is 0 Å². The van der Waals surface area contributed by atoms with Crippen LogP contribution < -0.4 is 9.47 Å². The maximum Gasteiger partial charge on any atom is 0.266 e. The average molecular weight is 392 g/mol. The minimum atomic E-state index is -0.0487. The fourth-order valence-electron chi connectivity index (χ4n) is 2.57. The number of aliphatic imine (C=N–C) groups is 1. The number of amidine groups is 1. The first-order chi connectivity index (χ1) is 13.6. The molecule has 2 aromatic carbocycles. The topological polar surface area (TPSA) is 51.1 Å². The van der Waals surface area contributed by atoms with Gasteiger partial charge in [0.15, 0.2) is 5.17 Å². The van der Waals surface area contributed by atoms with Gasteiger partial charge < -0.3 is 9.47 Å². The van der Waals surface area contributed by atoms with Gasteiger partial charge >= 0.3 is 0 Å². The van der Waals surface area contributed by atoms with Gasteiger partial charge in [0, 0.05) is 6.54 Å². The number of rotatable bonds is 6.